The lowest BCUT2D eigenvalue weighted by atomic mass is 10.1. The summed E-state index contributed by atoms with van der Waals surface area (Å²) in [6.45, 7) is 6.35. The van der Waals surface area contributed by atoms with E-state index < -0.39 is 0 Å². The van der Waals surface area contributed by atoms with Crippen LogP contribution < -0.4 is 5.32 Å². The Morgan fingerprint density at radius 3 is 2.44 bits per heavy atom. The molecule has 0 bridgehead atoms. The highest BCUT2D eigenvalue weighted by atomic mass is 19.1. The Kier molecular flexibility index (Phi) is 7.38. The smallest absolute Gasteiger partial charge is 0.254 e. The highest BCUT2D eigenvalue weighted by molar-refractivity contribution is 5.94. The summed E-state index contributed by atoms with van der Waals surface area (Å²) in [7, 11) is 0. The van der Waals surface area contributed by atoms with Crippen molar-refractivity contribution in [3.8, 4) is 0 Å². The fourth-order valence-electron chi connectivity index (χ4n) is 2.68. The zero-order valence-electron chi connectivity index (χ0n) is 15.0. The molecule has 0 atom stereocenters. The zero-order chi connectivity index (χ0) is 18.1. The maximum Gasteiger partial charge on any atom is 0.254 e. The summed E-state index contributed by atoms with van der Waals surface area (Å²) in [5, 5.41) is 3.23. The molecule has 0 saturated carbocycles. The van der Waals surface area contributed by atoms with Crippen molar-refractivity contribution in [1.29, 1.82) is 0 Å². The number of benzene rings is 1. The molecule has 1 amide bonds. The van der Waals surface area contributed by atoms with Gasteiger partial charge in [0.05, 0.1) is 0 Å². The molecule has 134 valence electrons. The van der Waals surface area contributed by atoms with Crippen LogP contribution in [0.3, 0.4) is 0 Å². The number of carbonyl (C=O) groups excluding carboxylic acids is 1. The molecule has 1 aromatic heterocycles. The van der Waals surface area contributed by atoms with E-state index >= 15 is 0 Å². The summed E-state index contributed by atoms with van der Waals surface area (Å²) in [6, 6.07) is 10.0. The normalized spacial score (nSPS) is 10.5. The molecule has 0 aliphatic heterocycles. The molecule has 2 rings (SSSR count). The van der Waals surface area contributed by atoms with E-state index in [0.717, 1.165) is 37.9 Å². The highest BCUT2D eigenvalue weighted by Gasteiger charge is 2.14. The topological polar surface area (TPSA) is 45.2 Å². The quantitative estimate of drug-likeness (QED) is 0.744. The molecule has 0 radical (unpaired) electrons. The Labute approximate surface area is 149 Å². The number of hydrogen-bond acceptors (Lipinski definition) is 3. The summed E-state index contributed by atoms with van der Waals surface area (Å²) >= 11 is 0. The van der Waals surface area contributed by atoms with Gasteiger partial charge < -0.3 is 10.2 Å². The largest absolute Gasteiger partial charge is 0.370 e. The fourth-order valence-corrected chi connectivity index (χ4v) is 2.68. The molecular weight excluding hydrogens is 317 g/mol. The van der Waals surface area contributed by atoms with Crippen molar-refractivity contribution in [3.63, 3.8) is 0 Å². The van der Waals surface area contributed by atoms with Gasteiger partial charge in [0.1, 0.15) is 11.6 Å². The van der Waals surface area contributed by atoms with Crippen molar-refractivity contribution in [2.75, 3.05) is 25.0 Å². The van der Waals surface area contributed by atoms with Crippen LogP contribution in [-0.2, 0) is 6.42 Å². The van der Waals surface area contributed by atoms with Gasteiger partial charge in [0.15, 0.2) is 0 Å². The third-order valence-electron chi connectivity index (χ3n) is 3.91. The molecule has 2 aromatic rings. The predicted molar refractivity (Wildman–Crippen MR) is 99.3 cm³/mol. The first kappa shape index (κ1) is 18.9. The van der Waals surface area contributed by atoms with E-state index in [1.54, 1.807) is 30.5 Å². The van der Waals surface area contributed by atoms with Crippen LogP contribution in [0.4, 0.5) is 10.2 Å². The van der Waals surface area contributed by atoms with Crippen LogP contribution in [0.2, 0.25) is 0 Å². The van der Waals surface area contributed by atoms with Crippen molar-refractivity contribution in [1.82, 2.24) is 9.88 Å². The van der Waals surface area contributed by atoms with Crippen molar-refractivity contribution >= 4 is 11.7 Å². The molecule has 5 heteroatoms. The SMILES string of the molecule is CCCN(CCC)C(=O)c1ccnc(NCCc2ccc(F)cc2)c1. The molecule has 0 spiro atoms. The van der Waals surface area contributed by atoms with Crippen LogP contribution in [0.5, 0.6) is 0 Å². The van der Waals surface area contributed by atoms with Gasteiger partial charge in [-0.3, -0.25) is 4.79 Å². The van der Waals surface area contributed by atoms with Crippen LogP contribution in [0, 0.1) is 5.82 Å². The summed E-state index contributed by atoms with van der Waals surface area (Å²) < 4.78 is 12.9. The van der Waals surface area contributed by atoms with E-state index in [1.807, 2.05) is 4.90 Å². The zero-order valence-corrected chi connectivity index (χ0v) is 15.0. The summed E-state index contributed by atoms with van der Waals surface area (Å²) in [6.07, 6.45) is 4.31. The second kappa shape index (κ2) is 9.77. The van der Waals surface area contributed by atoms with E-state index in [2.05, 4.69) is 24.1 Å². The van der Waals surface area contributed by atoms with Crippen molar-refractivity contribution in [2.45, 2.75) is 33.1 Å². The maximum atomic E-state index is 12.9. The van der Waals surface area contributed by atoms with Crippen molar-refractivity contribution in [3.05, 3.63) is 59.5 Å². The Hall–Kier alpha value is -2.43. The standard InChI is InChI=1S/C20H26FN3O/c1-3-13-24(14-4-2)20(25)17-10-12-23-19(15-17)22-11-9-16-5-7-18(21)8-6-16/h5-8,10,12,15H,3-4,9,11,13-14H2,1-2H3,(H,22,23). The summed E-state index contributed by atoms with van der Waals surface area (Å²) in [5.41, 5.74) is 1.71. The monoisotopic (exact) mass is 343 g/mol. The fraction of sp³-hybridized carbons (Fsp3) is 0.400. The van der Waals surface area contributed by atoms with Crippen LogP contribution in [0.1, 0.15) is 42.6 Å². The lowest BCUT2D eigenvalue weighted by Crippen LogP contribution is -2.32. The van der Waals surface area contributed by atoms with Crippen LogP contribution in [0.15, 0.2) is 42.6 Å². The van der Waals surface area contributed by atoms with Crippen LogP contribution in [0.25, 0.3) is 0 Å². The van der Waals surface area contributed by atoms with Gasteiger partial charge in [-0.2, -0.15) is 0 Å². The number of halogens is 1. The molecule has 0 aliphatic rings. The third-order valence-corrected chi connectivity index (χ3v) is 3.91. The van der Waals surface area contributed by atoms with Crippen molar-refractivity contribution < 1.29 is 9.18 Å². The minimum atomic E-state index is -0.228. The molecular formula is C20H26FN3O. The predicted octanol–water partition coefficient (Wildman–Crippen LogP) is 4.14. The number of nitrogens with one attached hydrogen (secondary N) is 1. The highest BCUT2D eigenvalue weighted by Crippen LogP contribution is 2.11. The average molecular weight is 343 g/mol. The molecule has 4 nitrogen and oxygen atoms in total. The number of amides is 1. The number of hydrogen-bond donors (Lipinski definition) is 1. The molecule has 0 fully saturated rings. The second-order valence-electron chi connectivity index (χ2n) is 6.03. The Bertz CT molecular complexity index is 667. The van der Waals surface area contributed by atoms with Gasteiger partial charge in [-0.15, -0.1) is 0 Å². The van der Waals surface area contributed by atoms with Crippen LogP contribution in [-0.4, -0.2) is 35.4 Å². The Balaban J connectivity index is 1.95. The number of pyridine rings is 1. The molecule has 1 heterocycles. The number of rotatable bonds is 9. The number of anilines is 1. The van der Waals surface area contributed by atoms with Gasteiger partial charge in [-0.05, 0) is 49.1 Å². The van der Waals surface area contributed by atoms with E-state index in [0.29, 0.717) is 17.9 Å². The van der Waals surface area contributed by atoms with Gasteiger partial charge >= 0.3 is 0 Å². The lowest BCUT2D eigenvalue weighted by molar-refractivity contribution is 0.0755. The van der Waals surface area contributed by atoms with Gasteiger partial charge in [0, 0.05) is 31.4 Å². The second-order valence-corrected chi connectivity index (χ2v) is 6.03. The number of carbonyl (C=O) groups is 1. The van der Waals surface area contributed by atoms with Crippen molar-refractivity contribution in [2.24, 2.45) is 0 Å². The van der Waals surface area contributed by atoms with E-state index in [1.165, 1.54) is 12.1 Å². The molecule has 1 aromatic carbocycles. The summed E-state index contributed by atoms with van der Waals surface area (Å²) in [5.74, 6) is 0.502. The minimum absolute atomic E-state index is 0.0488. The van der Waals surface area contributed by atoms with Gasteiger partial charge in [0.2, 0.25) is 0 Å². The molecule has 0 saturated heterocycles. The maximum absolute atomic E-state index is 12.9. The first-order chi connectivity index (χ1) is 12.1. The first-order valence-electron chi connectivity index (χ1n) is 8.87. The minimum Gasteiger partial charge on any atom is -0.370 e. The molecule has 0 aliphatic carbocycles. The van der Waals surface area contributed by atoms with E-state index in [4.69, 9.17) is 0 Å². The molecule has 1 N–H and O–H groups in total. The van der Waals surface area contributed by atoms with Gasteiger partial charge in [-0.25, -0.2) is 9.37 Å². The van der Waals surface area contributed by atoms with Gasteiger partial charge in [-0.1, -0.05) is 26.0 Å². The van der Waals surface area contributed by atoms with E-state index in [9.17, 15) is 9.18 Å². The Morgan fingerprint density at radius 2 is 1.80 bits per heavy atom. The first-order valence-corrected chi connectivity index (χ1v) is 8.87. The lowest BCUT2D eigenvalue weighted by Gasteiger charge is -2.21. The number of aromatic nitrogens is 1. The third kappa shape index (κ3) is 5.85. The van der Waals surface area contributed by atoms with E-state index in [-0.39, 0.29) is 11.7 Å². The number of nitrogens with zero attached hydrogens (tertiary/aromatic N) is 2. The van der Waals surface area contributed by atoms with Gasteiger partial charge in [0.25, 0.3) is 5.91 Å². The Morgan fingerprint density at radius 1 is 1.12 bits per heavy atom. The summed E-state index contributed by atoms with van der Waals surface area (Å²) in [4.78, 5) is 18.8. The molecule has 25 heavy (non-hydrogen) atoms. The molecule has 0 unspecified atom stereocenters. The van der Waals surface area contributed by atoms with Crippen LogP contribution >= 0.6 is 0 Å². The average Bonchev–Trinajstić information content (AvgIpc) is 2.63.